The average Bonchev–Trinajstić information content (AvgIpc) is 2.58. The second-order valence-electron chi connectivity index (χ2n) is 5.19. The first kappa shape index (κ1) is 11.3. The first-order chi connectivity index (χ1) is 8.54. The predicted octanol–water partition coefficient (Wildman–Crippen LogP) is 4.52. The zero-order valence-electron chi connectivity index (χ0n) is 10.3. The van der Waals surface area contributed by atoms with Crippen LogP contribution >= 0.6 is 11.6 Å². The monoisotopic (exact) mass is 253 g/mol. The van der Waals surface area contributed by atoms with Crippen LogP contribution in [-0.4, -0.2) is 0 Å². The Morgan fingerprint density at radius 1 is 1.00 bits per heavy atom. The van der Waals surface area contributed by atoms with Crippen LogP contribution in [0.1, 0.15) is 30.5 Å². The maximum Gasteiger partial charge on any atom is 0.0991 e. The van der Waals surface area contributed by atoms with E-state index in [-0.39, 0.29) is 5.41 Å². The Kier molecular flexibility index (Phi) is 2.27. The molecule has 2 aromatic carbocycles. The molecule has 0 N–H and O–H groups in total. The Morgan fingerprint density at radius 3 is 2.50 bits per heavy atom. The van der Waals surface area contributed by atoms with Crippen molar-refractivity contribution in [2.45, 2.75) is 19.3 Å². The van der Waals surface area contributed by atoms with Gasteiger partial charge >= 0.3 is 0 Å². The molecule has 0 amide bonds. The van der Waals surface area contributed by atoms with E-state index in [1.807, 2.05) is 30.3 Å². The molecule has 0 fully saturated rings. The van der Waals surface area contributed by atoms with E-state index in [2.05, 4.69) is 26.0 Å². The first-order valence-electron chi connectivity index (χ1n) is 5.89. The van der Waals surface area contributed by atoms with Crippen molar-refractivity contribution in [3.63, 3.8) is 0 Å². The minimum absolute atomic E-state index is 0.0520. The van der Waals surface area contributed by atoms with Crippen LogP contribution in [0.5, 0.6) is 0 Å². The van der Waals surface area contributed by atoms with Crippen molar-refractivity contribution in [2.75, 3.05) is 0 Å². The van der Waals surface area contributed by atoms with E-state index < -0.39 is 0 Å². The molecule has 88 valence electrons. The number of fused-ring (bicyclic) bond motifs is 3. The predicted molar refractivity (Wildman–Crippen MR) is 73.7 cm³/mol. The van der Waals surface area contributed by atoms with Crippen molar-refractivity contribution in [1.29, 1.82) is 5.26 Å². The summed E-state index contributed by atoms with van der Waals surface area (Å²) < 4.78 is 0. The van der Waals surface area contributed by atoms with Gasteiger partial charge in [0.2, 0.25) is 0 Å². The largest absolute Gasteiger partial charge is 0.192 e. The quantitative estimate of drug-likeness (QED) is 0.677. The molecule has 0 bridgehead atoms. The Morgan fingerprint density at radius 2 is 1.78 bits per heavy atom. The Hall–Kier alpha value is -1.78. The lowest BCUT2D eigenvalue weighted by atomic mass is 9.82. The summed E-state index contributed by atoms with van der Waals surface area (Å²) in [5, 5.41) is 9.78. The number of nitrogens with zero attached hydrogens (tertiary/aromatic N) is 1. The normalized spacial score (nSPS) is 14.8. The van der Waals surface area contributed by atoms with Crippen molar-refractivity contribution in [2.24, 2.45) is 0 Å². The standard InChI is InChI=1S/C16H12ClN/c1-16(2)14-6-3-10(9-18)7-13(14)12-5-4-11(17)8-15(12)16/h3-8H,1-2H3. The van der Waals surface area contributed by atoms with Crippen LogP contribution in [0.3, 0.4) is 0 Å². The van der Waals surface area contributed by atoms with Gasteiger partial charge in [-0.25, -0.2) is 0 Å². The summed E-state index contributed by atoms with van der Waals surface area (Å²) >= 11 is 6.10. The molecule has 0 heterocycles. The van der Waals surface area contributed by atoms with Gasteiger partial charge < -0.3 is 0 Å². The second-order valence-corrected chi connectivity index (χ2v) is 5.62. The van der Waals surface area contributed by atoms with Crippen LogP contribution in [0, 0.1) is 11.3 Å². The molecule has 1 aliphatic carbocycles. The third kappa shape index (κ3) is 1.39. The van der Waals surface area contributed by atoms with Crippen molar-refractivity contribution in [3.05, 3.63) is 58.1 Å². The third-order valence-corrected chi connectivity index (χ3v) is 4.00. The van der Waals surface area contributed by atoms with Crippen molar-refractivity contribution in [3.8, 4) is 17.2 Å². The van der Waals surface area contributed by atoms with Crippen LogP contribution in [0.2, 0.25) is 5.02 Å². The number of halogens is 1. The number of nitriles is 1. The molecular weight excluding hydrogens is 242 g/mol. The molecule has 0 saturated carbocycles. The van der Waals surface area contributed by atoms with Gasteiger partial charge in [-0.1, -0.05) is 37.6 Å². The van der Waals surface area contributed by atoms with Crippen LogP contribution in [0.25, 0.3) is 11.1 Å². The Labute approximate surface area is 112 Å². The van der Waals surface area contributed by atoms with Crippen molar-refractivity contribution in [1.82, 2.24) is 0 Å². The first-order valence-corrected chi connectivity index (χ1v) is 6.27. The minimum atomic E-state index is -0.0520. The highest BCUT2D eigenvalue weighted by Crippen LogP contribution is 2.49. The van der Waals surface area contributed by atoms with Gasteiger partial charge in [0.25, 0.3) is 0 Å². The lowest BCUT2D eigenvalue weighted by Gasteiger charge is -2.21. The fourth-order valence-electron chi connectivity index (χ4n) is 2.80. The van der Waals surface area contributed by atoms with Gasteiger partial charge in [-0.2, -0.15) is 5.26 Å². The summed E-state index contributed by atoms with van der Waals surface area (Å²) in [6.45, 7) is 4.39. The van der Waals surface area contributed by atoms with E-state index >= 15 is 0 Å². The SMILES string of the molecule is CC1(C)c2ccc(C#N)cc2-c2ccc(Cl)cc21. The van der Waals surface area contributed by atoms with Crippen LogP contribution in [0.4, 0.5) is 0 Å². The molecule has 0 saturated heterocycles. The van der Waals surface area contributed by atoms with Crippen LogP contribution < -0.4 is 0 Å². The fourth-order valence-corrected chi connectivity index (χ4v) is 2.97. The van der Waals surface area contributed by atoms with E-state index in [4.69, 9.17) is 16.9 Å². The Balaban J connectivity index is 2.37. The highest BCUT2D eigenvalue weighted by Gasteiger charge is 2.35. The molecule has 1 aliphatic rings. The van der Waals surface area contributed by atoms with Crippen LogP contribution in [-0.2, 0) is 5.41 Å². The molecule has 18 heavy (non-hydrogen) atoms. The van der Waals surface area contributed by atoms with Crippen molar-refractivity contribution < 1.29 is 0 Å². The molecule has 0 atom stereocenters. The number of hydrogen-bond acceptors (Lipinski definition) is 1. The summed E-state index contributed by atoms with van der Waals surface area (Å²) in [6, 6.07) is 14.1. The molecule has 0 radical (unpaired) electrons. The second kappa shape index (κ2) is 3.60. The van der Waals surface area contributed by atoms with Gasteiger partial charge in [-0.3, -0.25) is 0 Å². The molecule has 0 aliphatic heterocycles. The summed E-state index contributed by atoms with van der Waals surface area (Å²) in [5.41, 5.74) is 5.50. The van der Waals surface area contributed by atoms with Crippen molar-refractivity contribution >= 4 is 11.6 Å². The lowest BCUT2D eigenvalue weighted by Crippen LogP contribution is -2.14. The van der Waals surface area contributed by atoms with E-state index in [0.717, 1.165) is 10.6 Å². The maximum absolute atomic E-state index is 9.02. The zero-order valence-corrected chi connectivity index (χ0v) is 11.0. The molecule has 0 spiro atoms. The molecule has 1 nitrogen and oxygen atoms in total. The zero-order chi connectivity index (χ0) is 12.9. The summed E-state index contributed by atoms with van der Waals surface area (Å²) in [7, 11) is 0. The molecule has 0 unspecified atom stereocenters. The fraction of sp³-hybridized carbons (Fsp3) is 0.188. The van der Waals surface area contributed by atoms with Crippen LogP contribution in [0.15, 0.2) is 36.4 Å². The van der Waals surface area contributed by atoms with Gasteiger partial charge in [0, 0.05) is 10.4 Å². The highest BCUT2D eigenvalue weighted by atomic mass is 35.5. The molecule has 0 aromatic heterocycles. The summed E-state index contributed by atoms with van der Waals surface area (Å²) in [4.78, 5) is 0. The average molecular weight is 254 g/mol. The topological polar surface area (TPSA) is 23.8 Å². The molecule has 2 aromatic rings. The maximum atomic E-state index is 9.02. The number of hydrogen-bond donors (Lipinski definition) is 0. The highest BCUT2D eigenvalue weighted by molar-refractivity contribution is 6.30. The molecule has 2 heteroatoms. The lowest BCUT2D eigenvalue weighted by molar-refractivity contribution is 0.660. The van der Waals surface area contributed by atoms with E-state index in [1.165, 1.54) is 16.7 Å². The molecule has 3 rings (SSSR count). The van der Waals surface area contributed by atoms with E-state index in [0.29, 0.717) is 5.56 Å². The summed E-state index contributed by atoms with van der Waals surface area (Å²) in [6.07, 6.45) is 0. The van der Waals surface area contributed by atoms with E-state index in [1.54, 1.807) is 0 Å². The number of benzene rings is 2. The van der Waals surface area contributed by atoms with Gasteiger partial charge in [0.1, 0.15) is 0 Å². The van der Waals surface area contributed by atoms with Gasteiger partial charge in [-0.05, 0) is 46.5 Å². The van der Waals surface area contributed by atoms with Gasteiger partial charge in [0.15, 0.2) is 0 Å². The Bertz CT molecular complexity index is 693. The molecular formula is C16H12ClN. The third-order valence-electron chi connectivity index (χ3n) is 3.77. The number of rotatable bonds is 0. The van der Waals surface area contributed by atoms with Gasteiger partial charge in [0.05, 0.1) is 11.6 Å². The summed E-state index contributed by atoms with van der Waals surface area (Å²) in [5.74, 6) is 0. The minimum Gasteiger partial charge on any atom is -0.192 e. The van der Waals surface area contributed by atoms with Gasteiger partial charge in [-0.15, -0.1) is 0 Å². The smallest absolute Gasteiger partial charge is 0.0991 e. The van der Waals surface area contributed by atoms with E-state index in [9.17, 15) is 0 Å².